The number of aryl methyl sites for hydroxylation is 1. The van der Waals surface area contributed by atoms with Crippen LogP contribution in [0.2, 0.25) is 0 Å². The fourth-order valence-corrected chi connectivity index (χ4v) is 5.62. The Bertz CT molecular complexity index is 873. The van der Waals surface area contributed by atoms with E-state index in [-0.39, 0.29) is 25.2 Å². The van der Waals surface area contributed by atoms with Crippen LogP contribution in [0.25, 0.3) is 0 Å². The van der Waals surface area contributed by atoms with Crippen molar-refractivity contribution >= 4 is 9.84 Å². The van der Waals surface area contributed by atoms with Crippen LogP contribution in [0.15, 0.2) is 47.4 Å². The highest BCUT2D eigenvalue weighted by atomic mass is 32.2. The van der Waals surface area contributed by atoms with Crippen LogP contribution in [0.4, 0.5) is 0 Å². The molecule has 3 atom stereocenters. The van der Waals surface area contributed by atoms with Gasteiger partial charge in [0.1, 0.15) is 0 Å². The molecule has 2 aromatic carbocycles. The van der Waals surface area contributed by atoms with Gasteiger partial charge in [-0.3, -0.25) is 0 Å². The van der Waals surface area contributed by atoms with Crippen molar-refractivity contribution in [3.8, 4) is 11.5 Å². The zero-order valence-corrected chi connectivity index (χ0v) is 14.0. The highest BCUT2D eigenvalue weighted by Crippen LogP contribution is 2.54. The van der Waals surface area contributed by atoms with Crippen LogP contribution in [-0.4, -0.2) is 32.2 Å². The first-order valence-electron chi connectivity index (χ1n) is 7.83. The van der Waals surface area contributed by atoms with E-state index in [1.807, 2.05) is 19.1 Å². The van der Waals surface area contributed by atoms with Crippen LogP contribution < -0.4 is 9.47 Å². The predicted molar refractivity (Wildman–Crippen MR) is 88.0 cm³/mol. The van der Waals surface area contributed by atoms with Crippen molar-refractivity contribution in [2.45, 2.75) is 23.0 Å². The number of hydrogen-bond donors (Lipinski definition) is 1. The molecule has 0 amide bonds. The molecule has 1 saturated carbocycles. The van der Waals surface area contributed by atoms with Crippen molar-refractivity contribution in [3.63, 3.8) is 0 Å². The number of hydrogen-bond acceptors (Lipinski definition) is 5. The van der Waals surface area contributed by atoms with E-state index in [2.05, 4.69) is 0 Å². The van der Waals surface area contributed by atoms with Crippen LogP contribution in [0.1, 0.15) is 17.0 Å². The first-order chi connectivity index (χ1) is 11.5. The number of benzene rings is 2. The normalized spacial score (nSPS) is 24.8. The molecule has 0 bridgehead atoms. The molecule has 1 heterocycles. The van der Waals surface area contributed by atoms with Crippen LogP contribution in [-0.2, 0) is 9.84 Å². The molecule has 0 aromatic heterocycles. The summed E-state index contributed by atoms with van der Waals surface area (Å²) in [5.74, 6) is 0.771. The predicted octanol–water partition coefficient (Wildman–Crippen LogP) is 2.27. The van der Waals surface area contributed by atoms with Gasteiger partial charge in [0, 0.05) is 18.4 Å². The fraction of sp³-hybridized carbons (Fsp3) is 0.333. The number of ether oxygens (including phenoxy) is 2. The Morgan fingerprint density at radius 2 is 1.79 bits per heavy atom. The Labute approximate surface area is 140 Å². The van der Waals surface area contributed by atoms with E-state index in [0.29, 0.717) is 16.4 Å². The molecule has 0 saturated heterocycles. The minimum atomic E-state index is -3.49. The molecule has 1 fully saturated rings. The molecule has 2 aromatic rings. The second-order valence-electron chi connectivity index (χ2n) is 6.31. The van der Waals surface area contributed by atoms with Gasteiger partial charge in [-0.1, -0.05) is 23.8 Å². The van der Waals surface area contributed by atoms with Crippen molar-refractivity contribution in [1.82, 2.24) is 0 Å². The summed E-state index contributed by atoms with van der Waals surface area (Å²) in [6, 6.07) is 12.3. The number of aliphatic hydroxyl groups is 1. The summed E-state index contributed by atoms with van der Waals surface area (Å²) in [7, 11) is -3.49. The quantitative estimate of drug-likeness (QED) is 0.919. The third-order valence-corrected chi connectivity index (χ3v) is 7.09. The zero-order chi connectivity index (χ0) is 16.9. The van der Waals surface area contributed by atoms with Gasteiger partial charge in [-0.15, -0.1) is 0 Å². The molecule has 1 aliphatic carbocycles. The lowest BCUT2D eigenvalue weighted by atomic mass is 10.1. The van der Waals surface area contributed by atoms with E-state index in [9.17, 15) is 13.5 Å². The van der Waals surface area contributed by atoms with E-state index in [1.54, 1.807) is 30.3 Å². The van der Waals surface area contributed by atoms with Gasteiger partial charge in [0.2, 0.25) is 6.79 Å². The molecule has 2 aliphatic rings. The van der Waals surface area contributed by atoms with Crippen LogP contribution in [0, 0.1) is 12.8 Å². The molecule has 1 N–H and O–H groups in total. The summed E-state index contributed by atoms with van der Waals surface area (Å²) in [6.45, 7) is 1.94. The van der Waals surface area contributed by atoms with E-state index >= 15 is 0 Å². The van der Waals surface area contributed by atoms with E-state index in [4.69, 9.17) is 9.47 Å². The molecular weight excluding hydrogens is 328 g/mol. The second-order valence-corrected chi connectivity index (χ2v) is 8.41. The Balaban J connectivity index is 1.67. The number of aliphatic hydroxyl groups excluding tert-OH is 1. The number of sulfone groups is 1. The van der Waals surface area contributed by atoms with Gasteiger partial charge in [-0.2, -0.15) is 0 Å². The summed E-state index contributed by atoms with van der Waals surface area (Å²) >= 11 is 0. The molecule has 5 nitrogen and oxygen atoms in total. The first kappa shape index (κ1) is 15.5. The van der Waals surface area contributed by atoms with Gasteiger partial charge in [-0.25, -0.2) is 8.42 Å². The third-order valence-electron chi connectivity index (χ3n) is 4.80. The highest BCUT2D eigenvalue weighted by Gasteiger charge is 2.58. The molecule has 0 spiro atoms. The van der Waals surface area contributed by atoms with Gasteiger partial charge in [0.05, 0.1) is 10.1 Å². The SMILES string of the molecule is Cc1ccc(S(=O)(=O)[C@@H]2[C@H](CO)[C@@H]2c2ccc3c(c2)OCO3)cc1. The van der Waals surface area contributed by atoms with E-state index < -0.39 is 15.1 Å². The summed E-state index contributed by atoms with van der Waals surface area (Å²) < 4.78 is 36.5. The summed E-state index contributed by atoms with van der Waals surface area (Å²) in [5.41, 5.74) is 1.87. The standard InChI is InChI=1S/C18H18O5S/c1-11-2-5-13(6-3-11)24(20,21)18-14(9-19)17(18)12-4-7-15-16(8-12)23-10-22-15/h2-8,14,17-19H,9-10H2,1H3/t14-,17+,18-/m1/s1. The number of fused-ring (bicyclic) bond motifs is 1. The zero-order valence-electron chi connectivity index (χ0n) is 13.2. The topological polar surface area (TPSA) is 72.8 Å². The Kier molecular flexibility index (Phi) is 3.54. The lowest BCUT2D eigenvalue weighted by Gasteiger charge is -2.05. The average Bonchev–Trinajstić information content (AvgIpc) is 3.15. The van der Waals surface area contributed by atoms with Crippen molar-refractivity contribution < 1.29 is 23.0 Å². The lowest BCUT2D eigenvalue weighted by molar-refractivity contribution is 0.174. The van der Waals surface area contributed by atoms with E-state index in [0.717, 1.165) is 11.1 Å². The fourth-order valence-electron chi connectivity index (χ4n) is 3.43. The maximum Gasteiger partial charge on any atom is 0.231 e. The van der Waals surface area contributed by atoms with Gasteiger partial charge in [0.25, 0.3) is 0 Å². The van der Waals surface area contributed by atoms with Crippen LogP contribution in [0.3, 0.4) is 0 Å². The minimum absolute atomic E-state index is 0.158. The first-order valence-corrected chi connectivity index (χ1v) is 9.38. The minimum Gasteiger partial charge on any atom is -0.454 e. The molecule has 6 heteroatoms. The van der Waals surface area contributed by atoms with Crippen molar-refractivity contribution in [2.24, 2.45) is 5.92 Å². The molecule has 24 heavy (non-hydrogen) atoms. The Morgan fingerprint density at radius 3 is 2.50 bits per heavy atom. The molecule has 126 valence electrons. The van der Waals surface area contributed by atoms with Crippen molar-refractivity contribution in [1.29, 1.82) is 0 Å². The van der Waals surface area contributed by atoms with Gasteiger partial charge >= 0.3 is 0 Å². The average molecular weight is 346 g/mol. The largest absolute Gasteiger partial charge is 0.454 e. The maximum absolute atomic E-state index is 12.9. The molecule has 0 unspecified atom stereocenters. The van der Waals surface area contributed by atoms with Crippen LogP contribution >= 0.6 is 0 Å². The van der Waals surface area contributed by atoms with Gasteiger partial charge < -0.3 is 14.6 Å². The Morgan fingerprint density at radius 1 is 1.08 bits per heavy atom. The smallest absolute Gasteiger partial charge is 0.231 e. The summed E-state index contributed by atoms with van der Waals surface area (Å²) in [6.07, 6.45) is 0. The monoisotopic (exact) mass is 346 g/mol. The summed E-state index contributed by atoms with van der Waals surface area (Å²) in [5, 5.41) is 9.03. The third kappa shape index (κ3) is 2.37. The van der Waals surface area contributed by atoms with Crippen molar-refractivity contribution in [3.05, 3.63) is 53.6 Å². The molecular formula is C18H18O5S. The van der Waals surface area contributed by atoms with Gasteiger partial charge in [-0.05, 0) is 36.8 Å². The molecule has 1 aliphatic heterocycles. The highest BCUT2D eigenvalue weighted by molar-refractivity contribution is 7.92. The Hall–Kier alpha value is -2.05. The molecule has 0 radical (unpaired) electrons. The lowest BCUT2D eigenvalue weighted by Crippen LogP contribution is -2.11. The van der Waals surface area contributed by atoms with Crippen LogP contribution in [0.5, 0.6) is 11.5 Å². The van der Waals surface area contributed by atoms with E-state index in [1.165, 1.54) is 0 Å². The summed E-state index contributed by atoms with van der Waals surface area (Å²) in [4.78, 5) is 0.305. The van der Waals surface area contributed by atoms with Crippen molar-refractivity contribution in [2.75, 3.05) is 13.4 Å². The number of rotatable bonds is 4. The second kappa shape index (κ2) is 5.50. The molecule has 4 rings (SSSR count). The maximum atomic E-state index is 12.9. The van der Waals surface area contributed by atoms with Gasteiger partial charge in [0.15, 0.2) is 21.3 Å².